The molecule has 1 N–H and O–H groups in total. The van der Waals surface area contributed by atoms with E-state index in [1.54, 1.807) is 24.3 Å². The molecule has 1 aromatic rings. The normalized spacial score (nSPS) is 24.2. The van der Waals surface area contributed by atoms with Gasteiger partial charge in [-0.05, 0) is 36.5 Å². The zero-order valence-corrected chi connectivity index (χ0v) is 16.0. The van der Waals surface area contributed by atoms with Gasteiger partial charge in [0.05, 0.1) is 12.7 Å². The zero-order valence-electron chi connectivity index (χ0n) is 16.0. The number of carbonyl (C=O) groups excluding carboxylic acids is 4. The van der Waals surface area contributed by atoms with Gasteiger partial charge in [-0.3, -0.25) is 14.5 Å². The SMILES string of the molecule is COC(=O)c1ccc(COC(=O)CN2C(=O)N[C@]3(CCCC[C@H]3C)C2=O)cc1. The van der Waals surface area contributed by atoms with Gasteiger partial charge in [0.15, 0.2) is 0 Å². The number of amides is 3. The number of benzene rings is 1. The predicted molar refractivity (Wildman–Crippen MR) is 98.2 cm³/mol. The molecule has 8 heteroatoms. The van der Waals surface area contributed by atoms with Crippen molar-refractivity contribution in [2.75, 3.05) is 13.7 Å². The number of esters is 2. The number of urea groups is 1. The van der Waals surface area contributed by atoms with E-state index < -0.39 is 30.1 Å². The highest BCUT2D eigenvalue weighted by atomic mass is 16.5. The van der Waals surface area contributed by atoms with E-state index in [4.69, 9.17) is 4.74 Å². The largest absolute Gasteiger partial charge is 0.465 e. The van der Waals surface area contributed by atoms with Crippen LogP contribution in [0.15, 0.2) is 24.3 Å². The number of ether oxygens (including phenoxy) is 2. The molecule has 2 atom stereocenters. The number of methoxy groups -OCH3 is 1. The van der Waals surface area contributed by atoms with Gasteiger partial charge in [-0.15, -0.1) is 0 Å². The van der Waals surface area contributed by atoms with Gasteiger partial charge in [0, 0.05) is 0 Å². The van der Waals surface area contributed by atoms with E-state index in [2.05, 4.69) is 10.1 Å². The van der Waals surface area contributed by atoms with Gasteiger partial charge in [0.2, 0.25) is 0 Å². The highest BCUT2D eigenvalue weighted by molar-refractivity contribution is 6.09. The molecule has 0 radical (unpaired) electrons. The molecule has 1 aliphatic carbocycles. The van der Waals surface area contributed by atoms with E-state index in [-0.39, 0.29) is 18.4 Å². The fraction of sp³-hybridized carbons (Fsp3) is 0.500. The van der Waals surface area contributed by atoms with Crippen LogP contribution in [0.5, 0.6) is 0 Å². The van der Waals surface area contributed by atoms with Crippen molar-refractivity contribution in [3.05, 3.63) is 35.4 Å². The van der Waals surface area contributed by atoms with Gasteiger partial charge < -0.3 is 14.8 Å². The van der Waals surface area contributed by atoms with Gasteiger partial charge in [-0.25, -0.2) is 9.59 Å². The van der Waals surface area contributed by atoms with Crippen LogP contribution in [0.3, 0.4) is 0 Å². The first-order chi connectivity index (χ1) is 13.4. The predicted octanol–water partition coefficient (Wildman–Crippen LogP) is 2.02. The van der Waals surface area contributed by atoms with Gasteiger partial charge >= 0.3 is 18.0 Å². The first-order valence-corrected chi connectivity index (χ1v) is 9.34. The Morgan fingerprint density at radius 1 is 1.21 bits per heavy atom. The van der Waals surface area contributed by atoms with Crippen molar-refractivity contribution in [3.63, 3.8) is 0 Å². The van der Waals surface area contributed by atoms with Crippen LogP contribution in [-0.4, -0.2) is 48.0 Å². The smallest absolute Gasteiger partial charge is 0.337 e. The molecular weight excluding hydrogens is 364 g/mol. The lowest BCUT2D eigenvalue weighted by Crippen LogP contribution is -2.54. The summed E-state index contributed by atoms with van der Waals surface area (Å²) in [6.45, 7) is 1.52. The summed E-state index contributed by atoms with van der Waals surface area (Å²) in [5.74, 6) is -1.43. The van der Waals surface area contributed by atoms with Crippen molar-refractivity contribution in [1.29, 1.82) is 0 Å². The summed E-state index contributed by atoms with van der Waals surface area (Å²) in [5.41, 5.74) is 0.179. The second-order valence-electron chi connectivity index (χ2n) is 7.29. The molecule has 2 aliphatic rings. The molecule has 0 bridgehead atoms. The Morgan fingerprint density at radius 3 is 2.57 bits per heavy atom. The molecule has 1 aromatic carbocycles. The Hall–Kier alpha value is -2.90. The maximum atomic E-state index is 12.8. The summed E-state index contributed by atoms with van der Waals surface area (Å²) in [4.78, 5) is 49.6. The summed E-state index contributed by atoms with van der Waals surface area (Å²) in [7, 11) is 1.30. The summed E-state index contributed by atoms with van der Waals surface area (Å²) in [5, 5.41) is 2.81. The molecule has 1 saturated carbocycles. The monoisotopic (exact) mass is 388 g/mol. The highest BCUT2D eigenvalue weighted by Crippen LogP contribution is 2.38. The summed E-state index contributed by atoms with van der Waals surface area (Å²) in [6.07, 6.45) is 3.36. The van der Waals surface area contributed by atoms with Crippen molar-refractivity contribution in [2.24, 2.45) is 5.92 Å². The van der Waals surface area contributed by atoms with Crippen LogP contribution in [-0.2, 0) is 25.7 Å². The molecular formula is C20H24N2O6. The fourth-order valence-electron chi connectivity index (χ4n) is 3.83. The minimum atomic E-state index is -0.890. The average molecular weight is 388 g/mol. The van der Waals surface area contributed by atoms with E-state index in [1.165, 1.54) is 7.11 Å². The Bertz CT molecular complexity index is 790. The van der Waals surface area contributed by atoms with Crippen LogP contribution < -0.4 is 5.32 Å². The van der Waals surface area contributed by atoms with E-state index in [0.717, 1.165) is 24.2 Å². The number of nitrogens with zero attached hydrogens (tertiary/aromatic N) is 1. The van der Waals surface area contributed by atoms with Gasteiger partial charge in [0.25, 0.3) is 5.91 Å². The summed E-state index contributed by atoms with van der Waals surface area (Å²) in [6, 6.07) is 5.89. The third-order valence-electron chi connectivity index (χ3n) is 5.56. The molecule has 0 unspecified atom stereocenters. The Kier molecular flexibility index (Phi) is 5.67. The lowest BCUT2D eigenvalue weighted by Gasteiger charge is -2.36. The standard InChI is InChI=1S/C20H24N2O6/c1-13-5-3-4-10-20(13)18(25)22(19(26)21-20)11-16(23)28-12-14-6-8-15(9-7-14)17(24)27-2/h6-9,13H,3-5,10-12H2,1-2H3,(H,21,26)/t13-,20+/m1/s1. The fourth-order valence-corrected chi connectivity index (χ4v) is 3.83. The third-order valence-corrected chi connectivity index (χ3v) is 5.56. The lowest BCUT2D eigenvalue weighted by molar-refractivity contribution is -0.149. The molecule has 0 aromatic heterocycles. The third kappa shape index (κ3) is 3.72. The molecule has 1 saturated heterocycles. The number of hydrogen-bond acceptors (Lipinski definition) is 6. The number of carbonyl (C=O) groups is 4. The molecule has 2 fully saturated rings. The molecule has 8 nitrogen and oxygen atoms in total. The topological polar surface area (TPSA) is 102 Å². The van der Waals surface area contributed by atoms with E-state index in [1.807, 2.05) is 6.92 Å². The Labute approximate surface area is 163 Å². The minimum absolute atomic E-state index is 0.0223. The summed E-state index contributed by atoms with van der Waals surface area (Å²) >= 11 is 0. The van der Waals surface area contributed by atoms with Crippen LogP contribution in [0.4, 0.5) is 4.79 Å². The van der Waals surface area contributed by atoms with E-state index >= 15 is 0 Å². The second-order valence-corrected chi connectivity index (χ2v) is 7.29. The highest BCUT2D eigenvalue weighted by Gasteiger charge is 2.55. The second kappa shape index (κ2) is 8.00. The van der Waals surface area contributed by atoms with Crippen molar-refractivity contribution in [2.45, 2.75) is 44.8 Å². The molecule has 28 heavy (non-hydrogen) atoms. The van der Waals surface area contributed by atoms with Crippen molar-refractivity contribution >= 4 is 23.9 Å². The van der Waals surface area contributed by atoms with Crippen molar-refractivity contribution in [3.8, 4) is 0 Å². The number of nitrogens with one attached hydrogen (secondary N) is 1. The van der Waals surface area contributed by atoms with Gasteiger partial charge in [-0.1, -0.05) is 31.9 Å². The van der Waals surface area contributed by atoms with Crippen molar-refractivity contribution in [1.82, 2.24) is 10.2 Å². The van der Waals surface area contributed by atoms with Crippen LogP contribution >= 0.6 is 0 Å². The minimum Gasteiger partial charge on any atom is -0.465 e. The molecule has 3 amide bonds. The maximum Gasteiger partial charge on any atom is 0.337 e. The van der Waals surface area contributed by atoms with Crippen molar-refractivity contribution < 1.29 is 28.7 Å². The van der Waals surface area contributed by atoms with Crippen LogP contribution in [0.25, 0.3) is 0 Å². The lowest BCUT2D eigenvalue weighted by atomic mass is 9.73. The van der Waals surface area contributed by atoms with Gasteiger partial charge in [-0.2, -0.15) is 0 Å². The van der Waals surface area contributed by atoms with Crippen LogP contribution in [0, 0.1) is 5.92 Å². The van der Waals surface area contributed by atoms with Crippen LogP contribution in [0.1, 0.15) is 48.5 Å². The molecule has 1 heterocycles. The molecule has 3 rings (SSSR count). The number of imide groups is 1. The zero-order chi connectivity index (χ0) is 20.3. The number of rotatable bonds is 5. The number of hydrogen-bond donors (Lipinski definition) is 1. The van der Waals surface area contributed by atoms with E-state index in [0.29, 0.717) is 17.5 Å². The van der Waals surface area contributed by atoms with Crippen LogP contribution in [0.2, 0.25) is 0 Å². The molecule has 150 valence electrons. The first-order valence-electron chi connectivity index (χ1n) is 9.34. The molecule has 1 spiro atoms. The van der Waals surface area contributed by atoms with Gasteiger partial charge in [0.1, 0.15) is 18.7 Å². The Balaban J connectivity index is 1.57. The maximum absolute atomic E-state index is 12.8. The quantitative estimate of drug-likeness (QED) is 0.612. The summed E-state index contributed by atoms with van der Waals surface area (Å²) < 4.78 is 9.81. The van der Waals surface area contributed by atoms with E-state index in [9.17, 15) is 19.2 Å². The Morgan fingerprint density at radius 2 is 1.93 bits per heavy atom. The average Bonchev–Trinajstić information content (AvgIpc) is 2.93. The first kappa shape index (κ1) is 19.9. The molecule has 1 aliphatic heterocycles.